The van der Waals surface area contributed by atoms with E-state index in [-0.39, 0.29) is 24.3 Å². The highest BCUT2D eigenvalue weighted by molar-refractivity contribution is 5.83. The fourth-order valence-electron chi connectivity index (χ4n) is 1.57. The minimum atomic E-state index is -0.641. The first kappa shape index (κ1) is 13.8. The molecule has 18 heavy (non-hydrogen) atoms. The predicted molar refractivity (Wildman–Crippen MR) is 63.6 cm³/mol. The fraction of sp³-hybridized carbons (Fsp3) is 0.333. The molecule has 0 aliphatic heterocycles. The lowest BCUT2D eigenvalue weighted by molar-refractivity contribution is -0.385. The van der Waals surface area contributed by atoms with E-state index in [9.17, 15) is 19.7 Å². The van der Waals surface area contributed by atoms with Crippen LogP contribution in [0.15, 0.2) is 12.1 Å². The Balaban J connectivity index is 3.13. The zero-order chi connectivity index (χ0) is 13.7. The topological polar surface area (TPSA) is 86.5 Å². The van der Waals surface area contributed by atoms with Gasteiger partial charge in [-0.1, -0.05) is 0 Å². The monoisotopic (exact) mass is 251 g/mol. The summed E-state index contributed by atoms with van der Waals surface area (Å²) in [5, 5.41) is 10.8. The van der Waals surface area contributed by atoms with Gasteiger partial charge in [-0.25, -0.2) is 0 Å². The average molecular weight is 251 g/mol. The number of nitro groups is 1. The van der Waals surface area contributed by atoms with Crippen LogP contribution in [0.1, 0.15) is 28.4 Å². The molecule has 1 aromatic carbocycles. The third-order valence-corrected chi connectivity index (χ3v) is 2.45. The van der Waals surface area contributed by atoms with E-state index >= 15 is 0 Å². The van der Waals surface area contributed by atoms with Gasteiger partial charge in [-0.2, -0.15) is 0 Å². The largest absolute Gasteiger partial charge is 0.466 e. The number of esters is 1. The number of benzene rings is 1. The maximum absolute atomic E-state index is 11.3. The molecule has 0 heterocycles. The zero-order valence-electron chi connectivity index (χ0n) is 10.1. The van der Waals surface area contributed by atoms with Gasteiger partial charge in [-0.3, -0.25) is 19.7 Å². The molecule has 0 radical (unpaired) electrons. The van der Waals surface area contributed by atoms with Crippen molar-refractivity contribution < 1.29 is 19.2 Å². The van der Waals surface area contributed by atoms with E-state index in [0.29, 0.717) is 17.4 Å². The second kappa shape index (κ2) is 5.90. The van der Waals surface area contributed by atoms with Crippen molar-refractivity contribution in [2.45, 2.75) is 20.3 Å². The number of nitro benzene ring substituents is 1. The van der Waals surface area contributed by atoms with E-state index < -0.39 is 10.9 Å². The molecule has 0 saturated carbocycles. The molecule has 1 rings (SSSR count). The Morgan fingerprint density at radius 2 is 2.17 bits per heavy atom. The summed E-state index contributed by atoms with van der Waals surface area (Å²) in [5.74, 6) is -0.450. The third-order valence-electron chi connectivity index (χ3n) is 2.45. The van der Waals surface area contributed by atoms with Gasteiger partial charge in [-0.05, 0) is 31.0 Å². The van der Waals surface area contributed by atoms with Gasteiger partial charge in [0.15, 0.2) is 6.29 Å². The highest BCUT2D eigenvalue weighted by atomic mass is 16.6. The van der Waals surface area contributed by atoms with Crippen LogP contribution in [-0.2, 0) is 16.0 Å². The Morgan fingerprint density at radius 3 is 2.67 bits per heavy atom. The molecule has 0 unspecified atom stereocenters. The molecular formula is C12H13NO5. The first-order chi connectivity index (χ1) is 8.49. The molecule has 96 valence electrons. The number of rotatable bonds is 5. The molecule has 0 spiro atoms. The lowest BCUT2D eigenvalue weighted by Gasteiger charge is -2.07. The second-order valence-electron chi connectivity index (χ2n) is 3.69. The molecule has 0 saturated heterocycles. The molecule has 6 nitrogen and oxygen atoms in total. The van der Waals surface area contributed by atoms with E-state index in [4.69, 9.17) is 4.74 Å². The predicted octanol–water partition coefficient (Wildman–Crippen LogP) is 1.82. The van der Waals surface area contributed by atoms with Crippen LogP contribution in [0, 0.1) is 17.0 Å². The summed E-state index contributed by atoms with van der Waals surface area (Å²) in [6, 6.07) is 2.65. The van der Waals surface area contributed by atoms with Crippen LogP contribution in [0.5, 0.6) is 0 Å². The summed E-state index contributed by atoms with van der Waals surface area (Å²) in [6.45, 7) is 3.63. The van der Waals surface area contributed by atoms with Gasteiger partial charge in [0.25, 0.3) is 5.69 Å². The summed E-state index contributed by atoms with van der Waals surface area (Å²) in [7, 11) is 0. The minimum Gasteiger partial charge on any atom is -0.466 e. The Bertz CT molecular complexity index is 495. The molecule has 0 bridgehead atoms. The van der Waals surface area contributed by atoms with E-state index in [0.717, 1.165) is 0 Å². The maximum Gasteiger partial charge on any atom is 0.310 e. The summed E-state index contributed by atoms with van der Waals surface area (Å²) >= 11 is 0. The van der Waals surface area contributed by atoms with Crippen LogP contribution in [0.4, 0.5) is 5.69 Å². The summed E-state index contributed by atoms with van der Waals surface area (Å²) in [6.07, 6.45) is 0.388. The molecular weight excluding hydrogens is 238 g/mol. The molecule has 0 amide bonds. The number of hydrogen-bond acceptors (Lipinski definition) is 5. The molecule has 0 aliphatic carbocycles. The van der Waals surface area contributed by atoms with Crippen molar-refractivity contribution in [3.05, 3.63) is 38.9 Å². The number of carbonyl (C=O) groups excluding carboxylic acids is 2. The molecule has 6 heteroatoms. The standard InChI is InChI=1S/C12H13NO5/c1-3-18-12(15)6-9-5-11(13(16)17)10(7-14)4-8(9)2/h4-5,7H,3,6H2,1-2H3. The zero-order valence-corrected chi connectivity index (χ0v) is 10.1. The summed E-state index contributed by atoms with van der Waals surface area (Å²) < 4.78 is 4.78. The van der Waals surface area contributed by atoms with Crippen molar-refractivity contribution in [3.63, 3.8) is 0 Å². The van der Waals surface area contributed by atoms with E-state index in [2.05, 4.69) is 0 Å². The van der Waals surface area contributed by atoms with Gasteiger partial charge in [0.1, 0.15) is 0 Å². The smallest absolute Gasteiger partial charge is 0.310 e. The van der Waals surface area contributed by atoms with Crippen LogP contribution >= 0.6 is 0 Å². The molecule has 0 aromatic heterocycles. The molecule has 0 N–H and O–H groups in total. The van der Waals surface area contributed by atoms with Crippen molar-refractivity contribution in [2.75, 3.05) is 6.61 Å². The Labute approximate surface area is 104 Å². The van der Waals surface area contributed by atoms with Crippen molar-refractivity contribution in [1.29, 1.82) is 0 Å². The second-order valence-corrected chi connectivity index (χ2v) is 3.69. The number of hydrogen-bond donors (Lipinski definition) is 0. The van der Waals surface area contributed by atoms with Crippen LogP contribution < -0.4 is 0 Å². The van der Waals surface area contributed by atoms with Crippen molar-refractivity contribution in [2.24, 2.45) is 0 Å². The number of nitrogens with zero attached hydrogens (tertiary/aromatic N) is 1. The highest BCUT2D eigenvalue weighted by Gasteiger charge is 2.17. The summed E-state index contributed by atoms with van der Waals surface area (Å²) in [4.78, 5) is 32.2. The van der Waals surface area contributed by atoms with Gasteiger partial charge < -0.3 is 4.74 Å². The van der Waals surface area contributed by atoms with Crippen LogP contribution in [0.25, 0.3) is 0 Å². The van der Waals surface area contributed by atoms with Crippen LogP contribution in [0.3, 0.4) is 0 Å². The maximum atomic E-state index is 11.3. The van der Waals surface area contributed by atoms with Crippen molar-refractivity contribution >= 4 is 17.9 Å². The van der Waals surface area contributed by atoms with Gasteiger partial charge in [0.2, 0.25) is 0 Å². The first-order valence-electron chi connectivity index (χ1n) is 5.38. The lowest BCUT2D eigenvalue weighted by atomic mass is 10.0. The molecule has 0 fully saturated rings. The Kier molecular flexibility index (Phi) is 4.53. The van der Waals surface area contributed by atoms with Crippen LogP contribution in [-0.4, -0.2) is 23.8 Å². The number of ether oxygens (including phenoxy) is 1. The Hall–Kier alpha value is -2.24. The Morgan fingerprint density at radius 1 is 1.50 bits per heavy atom. The van der Waals surface area contributed by atoms with Gasteiger partial charge >= 0.3 is 5.97 Å². The SMILES string of the molecule is CCOC(=O)Cc1cc([N+](=O)[O-])c(C=O)cc1C. The van der Waals surface area contributed by atoms with E-state index in [1.807, 2.05) is 0 Å². The molecule has 0 aliphatic rings. The fourth-order valence-corrected chi connectivity index (χ4v) is 1.57. The van der Waals surface area contributed by atoms with Gasteiger partial charge in [-0.15, -0.1) is 0 Å². The molecule has 1 aromatic rings. The lowest BCUT2D eigenvalue weighted by Crippen LogP contribution is -2.09. The third kappa shape index (κ3) is 3.13. The number of carbonyl (C=O) groups is 2. The van der Waals surface area contributed by atoms with Gasteiger partial charge in [0, 0.05) is 6.07 Å². The van der Waals surface area contributed by atoms with Crippen LogP contribution in [0.2, 0.25) is 0 Å². The highest BCUT2D eigenvalue weighted by Crippen LogP contribution is 2.22. The van der Waals surface area contributed by atoms with Gasteiger partial charge in [0.05, 0.1) is 23.5 Å². The first-order valence-corrected chi connectivity index (χ1v) is 5.38. The van der Waals surface area contributed by atoms with Crippen molar-refractivity contribution in [1.82, 2.24) is 0 Å². The van der Waals surface area contributed by atoms with E-state index in [1.165, 1.54) is 12.1 Å². The number of aryl methyl sites for hydroxylation is 1. The summed E-state index contributed by atoms with van der Waals surface area (Å²) in [5.41, 5.74) is 0.849. The quantitative estimate of drug-likeness (QED) is 0.345. The van der Waals surface area contributed by atoms with E-state index in [1.54, 1.807) is 13.8 Å². The van der Waals surface area contributed by atoms with Crippen molar-refractivity contribution in [3.8, 4) is 0 Å². The normalized spacial score (nSPS) is 9.89. The minimum absolute atomic E-state index is 0.00473. The average Bonchev–Trinajstić information content (AvgIpc) is 2.31. The number of aldehydes is 1. The molecule has 0 atom stereocenters.